The summed E-state index contributed by atoms with van der Waals surface area (Å²) in [4.78, 5) is 11.6. The molecule has 1 atom stereocenters. The minimum atomic E-state index is -0.290. The van der Waals surface area contributed by atoms with Crippen LogP contribution in [0.5, 0.6) is 0 Å². The molecule has 17 heavy (non-hydrogen) atoms. The Labute approximate surface area is 107 Å². The van der Waals surface area contributed by atoms with Crippen LogP contribution in [0, 0.1) is 0 Å². The molecule has 0 radical (unpaired) electrons. The van der Waals surface area contributed by atoms with Gasteiger partial charge in [-0.1, -0.05) is 30.3 Å². The van der Waals surface area contributed by atoms with Gasteiger partial charge >= 0.3 is 5.97 Å². The molecule has 0 unspecified atom stereocenters. The molecule has 0 amide bonds. The van der Waals surface area contributed by atoms with Gasteiger partial charge in [0.05, 0.1) is 0 Å². The number of alkyl halides is 1. The van der Waals surface area contributed by atoms with Crippen molar-refractivity contribution in [2.45, 2.75) is 26.0 Å². The van der Waals surface area contributed by atoms with Crippen LogP contribution >= 0.6 is 11.6 Å². The Bertz CT molecular complexity index is 329. The lowest BCUT2D eigenvalue weighted by Gasteiger charge is -2.12. The molecule has 1 aromatic carbocycles. The zero-order valence-electron chi connectivity index (χ0n) is 9.99. The largest absolute Gasteiger partial charge is 0.460 e. The molecule has 94 valence electrons. The second-order valence-corrected chi connectivity index (χ2v) is 4.19. The Kier molecular flexibility index (Phi) is 6.67. The summed E-state index contributed by atoms with van der Waals surface area (Å²) in [6, 6.07) is 9.35. The van der Waals surface area contributed by atoms with Gasteiger partial charge in [0.2, 0.25) is 0 Å². The monoisotopic (exact) mass is 255 g/mol. The number of halogens is 1. The molecule has 1 aromatic rings. The van der Waals surface area contributed by atoms with E-state index in [0.717, 1.165) is 18.5 Å². The minimum absolute atomic E-state index is 0.233. The van der Waals surface area contributed by atoms with Crippen LogP contribution in [-0.2, 0) is 16.1 Å². The molecular weight excluding hydrogens is 238 g/mol. The molecule has 4 heteroatoms. The van der Waals surface area contributed by atoms with E-state index in [1.54, 1.807) is 6.92 Å². The quantitative estimate of drug-likeness (QED) is 0.462. The van der Waals surface area contributed by atoms with Gasteiger partial charge in [-0.3, -0.25) is 4.79 Å². The summed E-state index contributed by atoms with van der Waals surface area (Å²) in [5, 5.41) is 3.06. The highest BCUT2D eigenvalue weighted by Crippen LogP contribution is 2.01. The van der Waals surface area contributed by atoms with Crippen molar-refractivity contribution in [1.82, 2.24) is 5.32 Å². The Morgan fingerprint density at radius 3 is 2.76 bits per heavy atom. The van der Waals surface area contributed by atoms with Crippen molar-refractivity contribution in [3.8, 4) is 0 Å². The summed E-state index contributed by atoms with van der Waals surface area (Å²) in [5.74, 6) is 0.363. The molecular formula is C13H18ClNO2. The van der Waals surface area contributed by atoms with Crippen molar-refractivity contribution in [1.29, 1.82) is 0 Å². The molecule has 1 N–H and O–H groups in total. The third-order valence-corrected chi connectivity index (χ3v) is 2.61. The molecule has 0 heterocycles. The number of hydrogen-bond acceptors (Lipinski definition) is 3. The second-order valence-electron chi connectivity index (χ2n) is 3.81. The first-order chi connectivity index (χ1) is 8.24. The highest BCUT2D eigenvalue weighted by atomic mass is 35.5. The number of hydrogen-bond donors (Lipinski definition) is 1. The van der Waals surface area contributed by atoms with Crippen molar-refractivity contribution in [3.05, 3.63) is 35.9 Å². The van der Waals surface area contributed by atoms with Crippen LogP contribution in [0.15, 0.2) is 30.3 Å². The number of benzene rings is 1. The summed E-state index contributed by atoms with van der Waals surface area (Å²) in [6.07, 6.45) is 0.845. The van der Waals surface area contributed by atoms with E-state index in [0.29, 0.717) is 12.5 Å². The maximum atomic E-state index is 11.6. The molecule has 0 fully saturated rings. The van der Waals surface area contributed by atoms with Gasteiger partial charge in [0, 0.05) is 5.88 Å². The predicted molar refractivity (Wildman–Crippen MR) is 69.0 cm³/mol. The van der Waals surface area contributed by atoms with Crippen molar-refractivity contribution < 1.29 is 9.53 Å². The highest BCUT2D eigenvalue weighted by Gasteiger charge is 2.12. The van der Waals surface area contributed by atoms with E-state index in [-0.39, 0.29) is 12.0 Å². The summed E-state index contributed by atoms with van der Waals surface area (Å²) in [6.45, 7) is 2.84. The fourth-order valence-corrected chi connectivity index (χ4v) is 1.46. The number of rotatable bonds is 7. The van der Waals surface area contributed by atoms with E-state index < -0.39 is 0 Å². The van der Waals surface area contributed by atoms with E-state index >= 15 is 0 Å². The predicted octanol–water partition coefficient (Wildman–Crippen LogP) is 2.34. The lowest BCUT2D eigenvalue weighted by atomic mass is 10.2. The number of carbonyl (C=O) groups is 1. The first-order valence-electron chi connectivity index (χ1n) is 5.74. The Morgan fingerprint density at radius 2 is 2.12 bits per heavy atom. The Hall–Kier alpha value is -1.06. The average Bonchev–Trinajstić information content (AvgIpc) is 2.37. The maximum Gasteiger partial charge on any atom is 0.323 e. The summed E-state index contributed by atoms with van der Waals surface area (Å²) in [5.41, 5.74) is 0.994. The number of esters is 1. The minimum Gasteiger partial charge on any atom is -0.460 e. The maximum absolute atomic E-state index is 11.6. The lowest BCUT2D eigenvalue weighted by molar-refractivity contribution is -0.147. The zero-order chi connectivity index (χ0) is 12.5. The van der Waals surface area contributed by atoms with Gasteiger partial charge in [0.15, 0.2) is 0 Å². The molecule has 0 saturated carbocycles. The van der Waals surface area contributed by atoms with E-state index in [1.165, 1.54) is 0 Å². The Morgan fingerprint density at radius 1 is 1.41 bits per heavy atom. The van der Waals surface area contributed by atoms with Crippen LogP contribution in [-0.4, -0.2) is 24.4 Å². The Balaban J connectivity index is 2.24. The SMILES string of the molecule is C[C@H](NCCCCl)C(=O)OCc1ccccc1. The van der Waals surface area contributed by atoms with Gasteiger partial charge in [-0.15, -0.1) is 11.6 Å². The van der Waals surface area contributed by atoms with Crippen LogP contribution in [0.4, 0.5) is 0 Å². The number of nitrogens with one attached hydrogen (secondary N) is 1. The third-order valence-electron chi connectivity index (χ3n) is 2.34. The smallest absolute Gasteiger partial charge is 0.323 e. The fraction of sp³-hybridized carbons (Fsp3) is 0.462. The van der Waals surface area contributed by atoms with Crippen LogP contribution < -0.4 is 5.32 Å². The first kappa shape index (κ1) is 14.0. The van der Waals surface area contributed by atoms with E-state index in [9.17, 15) is 4.79 Å². The molecule has 0 aromatic heterocycles. The van der Waals surface area contributed by atoms with Crippen LogP contribution in [0.1, 0.15) is 18.9 Å². The standard InChI is InChI=1S/C13H18ClNO2/c1-11(15-9-5-8-14)13(16)17-10-12-6-3-2-4-7-12/h2-4,6-7,11,15H,5,8-10H2,1H3/t11-/m0/s1. The van der Waals surface area contributed by atoms with E-state index in [4.69, 9.17) is 16.3 Å². The molecule has 0 aliphatic rings. The first-order valence-corrected chi connectivity index (χ1v) is 6.27. The van der Waals surface area contributed by atoms with Crippen LogP contribution in [0.3, 0.4) is 0 Å². The van der Waals surface area contributed by atoms with Crippen LogP contribution in [0.2, 0.25) is 0 Å². The summed E-state index contributed by atoms with van der Waals surface area (Å²) < 4.78 is 5.19. The molecule has 0 aliphatic carbocycles. The second kappa shape index (κ2) is 8.09. The number of carbonyl (C=O) groups excluding carboxylic acids is 1. The van der Waals surface area contributed by atoms with Crippen molar-refractivity contribution in [2.24, 2.45) is 0 Å². The summed E-state index contributed by atoms with van der Waals surface area (Å²) >= 11 is 5.55. The zero-order valence-corrected chi connectivity index (χ0v) is 10.7. The average molecular weight is 256 g/mol. The summed E-state index contributed by atoms with van der Waals surface area (Å²) in [7, 11) is 0. The van der Waals surface area contributed by atoms with Crippen LogP contribution in [0.25, 0.3) is 0 Å². The van der Waals surface area contributed by atoms with Gasteiger partial charge in [0.1, 0.15) is 12.6 Å². The van der Waals surface area contributed by atoms with Gasteiger partial charge in [-0.05, 0) is 25.5 Å². The van der Waals surface area contributed by atoms with Gasteiger partial charge in [0.25, 0.3) is 0 Å². The molecule has 3 nitrogen and oxygen atoms in total. The highest BCUT2D eigenvalue weighted by molar-refractivity contribution is 6.17. The van der Waals surface area contributed by atoms with E-state index in [1.807, 2.05) is 30.3 Å². The van der Waals surface area contributed by atoms with Gasteiger partial charge in [-0.25, -0.2) is 0 Å². The molecule has 0 aliphatic heterocycles. The molecule has 0 spiro atoms. The van der Waals surface area contributed by atoms with Crippen molar-refractivity contribution in [3.63, 3.8) is 0 Å². The van der Waals surface area contributed by atoms with Gasteiger partial charge in [-0.2, -0.15) is 0 Å². The third kappa shape index (κ3) is 5.71. The molecule has 1 rings (SSSR count). The van der Waals surface area contributed by atoms with Gasteiger partial charge < -0.3 is 10.1 Å². The van der Waals surface area contributed by atoms with Crippen molar-refractivity contribution in [2.75, 3.05) is 12.4 Å². The molecule has 0 bridgehead atoms. The topological polar surface area (TPSA) is 38.3 Å². The van der Waals surface area contributed by atoms with E-state index in [2.05, 4.69) is 5.32 Å². The number of ether oxygens (including phenoxy) is 1. The van der Waals surface area contributed by atoms with Crippen molar-refractivity contribution >= 4 is 17.6 Å². The normalized spacial score (nSPS) is 12.1. The molecule has 0 saturated heterocycles. The lowest BCUT2D eigenvalue weighted by Crippen LogP contribution is -2.36. The fourth-order valence-electron chi connectivity index (χ4n) is 1.32.